The molecule has 0 unspecified atom stereocenters. The summed E-state index contributed by atoms with van der Waals surface area (Å²) < 4.78 is 6.42. The van der Waals surface area contributed by atoms with Crippen molar-refractivity contribution in [3.8, 4) is 6.07 Å². The van der Waals surface area contributed by atoms with Crippen LogP contribution in [0.25, 0.3) is 0 Å². The molecule has 0 bridgehead atoms. The van der Waals surface area contributed by atoms with Gasteiger partial charge in [-0.1, -0.05) is 32.3 Å². The van der Waals surface area contributed by atoms with E-state index in [1.807, 2.05) is 19.9 Å². The lowest BCUT2D eigenvalue weighted by Crippen LogP contribution is -2.56. The summed E-state index contributed by atoms with van der Waals surface area (Å²) in [5.41, 5.74) is -0.473. The predicted molar refractivity (Wildman–Crippen MR) is 85.1 cm³/mol. The second-order valence-corrected chi connectivity index (χ2v) is 8.28. The zero-order valence-electron chi connectivity index (χ0n) is 14.0. The number of allylic oxidation sites excluding steroid dienone is 1. The molecule has 0 spiro atoms. The van der Waals surface area contributed by atoms with Crippen LogP contribution >= 0.6 is 0 Å². The molecule has 1 saturated carbocycles. The first-order valence-electron chi connectivity index (χ1n) is 8.70. The number of hydrogen-bond acceptors (Lipinski definition) is 3. The van der Waals surface area contributed by atoms with E-state index in [0.29, 0.717) is 5.57 Å². The number of ether oxygens (including phenoxy) is 1. The van der Waals surface area contributed by atoms with Crippen LogP contribution in [0, 0.1) is 28.1 Å². The van der Waals surface area contributed by atoms with Crippen molar-refractivity contribution in [1.29, 1.82) is 5.26 Å². The van der Waals surface area contributed by atoms with Crippen LogP contribution in [0.1, 0.15) is 65.7 Å². The molecule has 0 N–H and O–H groups in total. The van der Waals surface area contributed by atoms with Crippen LogP contribution in [-0.4, -0.2) is 18.0 Å². The van der Waals surface area contributed by atoms with Crippen molar-refractivity contribution < 1.29 is 9.53 Å². The Morgan fingerprint density at radius 2 is 2.00 bits per heavy atom. The molecule has 3 rings (SSSR count). The summed E-state index contributed by atoms with van der Waals surface area (Å²) in [6.07, 6.45) is 10.6. The van der Waals surface area contributed by atoms with Crippen LogP contribution in [0.5, 0.6) is 0 Å². The second-order valence-electron chi connectivity index (χ2n) is 8.28. The highest BCUT2D eigenvalue weighted by Crippen LogP contribution is 2.51. The van der Waals surface area contributed by atoms with E-state index >= 15 is 0 Å². The van der Waals surface area contributed by atoms with Gasteiger partial charge in [0, 0.05) is 5.41 Å². The maximum Gasteiger partial charge on any atom is 0.181 e. The number of rotatable bonds is 3. The van der Waals surface area contributed by atoms with Gasteiger partial charge in [-0.25, -0.2) is 0 Å². The minimum absolute atomic E-state index is 0.0582. The van der Waals surface area contributed by atoms with Crippen molar-refractivity contribution in [1.82, 2.24) is 0 Å². The first-order valence-corrected chi connectivity index (χ1v) is 8.70. The van der Waals surface area contributed by atoms with E-state index in [9.17, 15) is 10.1 Å². The van der Waals surface area contributed by atoms with E-state index < -0.39 is 5.41 Å². The Morgan fingerprint density at radius 3 is 2.59 bits per heavy atom. The van der Waals surface area contributed by atoms with Gasteiger partial charge in [0.05, 0.1) is 23.2 Å². The Bertz CT molecular complexity index is 538. The van der Waals surface area contributed by atoms with E-state index in [1.54, 1.807) is 0 Å². The van der Waals surface area contributed by atoms with Crippen LogP contribution in [0.15, 0.2) is 11.6 Å². The van der Waals surface area contributed by atoms with Gasteiger partial charge in [-0.2, -0.15) is 5.26 Å². The molecule has 0 aromatic heterocycles. The summed E-state index contributed by atoms with van der Waals surface area (Å²) in [6.45, 7) is 6.03. The maximum atomic E-state index is 12.5. The lowest BCUT2D eigenvalue weighted by Gasteiger charge is -2.51. The summed E-state index contributed by atoms with van der Waals surface area (Å²) >= 11 is 0. The molecular weight excluding hydrogens is 274 g/mol. The Morgan fingerprint density at radius 1 is 1.27 bits per heavy atom. The van der Waals surface area contributed by atoms with Gasteiger partial charge < -0.3 is 4.74 Å². The van der Waals surface area contributed by atoms with E-state index in [4.69, 9.17) is 4.74 Å². The third kappa shape index (κ3) is 2.52. The fraction of sp³-hybridized carbons (Fsp3) is 0.789. The van der Waals surface area contributed by atoms with Gasteiger partial charge in [0.1, 0.15) is 6.07 Å². The van der Waals surface area contributed by atoms with Crippen LogP contribution in [0.4, 0.5) is 0 Å². The number of hydrogen-bond donors (Lipinski definition) is 0. The highest BCUT2D eigenvalue weighted by Gasteiger charge is 2.54. The lowest BCUT2D eigenvalue weighted by molar-refractivity contribution is -0.172. The molecule has 3 atom stereocenters. The molecule has 0 radical (unpaired) electrons. The van der Waals surface area contributed by atoms with E-state index in [0.717, 1.165) is 25.2 Å². The zero-order valence-corrected chi connectivity index (χ0v) is 14.0. The molecule has 1 heterocycles. The molecule has 3 heteroatoms. The second kappa shape index (κ2) is 5.49. The molecular formula is C19H27NO2. The number of fused-ring (bicyclic) bond motifs is 1. The molecule has 2 fully saturated rings. The molecule has 1 aliphatic heterocycles. The van der Waals surface area contributed by atoms with Gasteiger partial charge in [-0.3, -0.25) is 4.79 Å². The highest BCUT2D eigenvalue weighted by atomic mass is 16.5. The molecule has 1 saturated heterocycles. The molecule has 120 valence electrons. The largest absolute Gasteiger partial charge is 0.373 e. The lowest BCUT2D eigenvalue weighted by atomic mass is 9.60. The SMILES string of the molecule is CC1(C)C(=O)C(C#N)=C[C@@]2(C)CC[C@H](CCC3CCC3)O[C@H]12. The minimum Gasteiger partial charge on any atom is -0.373 e. The van der Waals surface area contributed by atoms with Gasteiger partial charge in [-0.05, 0) is 45.4 Å². The molecule has 2 aliphatic carbocycles. The smallest absolute Gasteiger partial charge is 0.181 e. The normalized spacial score (nSPS) is 37.7. The fourth-order valence-corrected chi connectivity index (χ4v) is 4.52. The van der Waals surface area contributed by atoms with E-state index in [2.05, 4.69) is 13.0 Å². The number of carbonyl (C=O) groups excluding carboxylic acids is 1. The molecule has 3 aliphatic rings. The van der Waals surface area contributed by atoms with Crippen molar-refractivity contribution in [3.63, 3.8) is 0 Å². The van der Waals surface area contributed by atoms with Crippen LogP contribution < -0.4 is 0 Å². The first kappa shape index (κ1) is 15.7. The van der Waals surface area contributed by atoms with Gasteiger partial charge in [0.25, 0.3) is 0 Å². The molecule has 0 aromatic carbocycles. The summed E-state index contributed by atoms with van der Waals surface area (Å²) in [4.78, 5) is 12.5. The van der Waals surface area contributed by atoms with Gasteiger partial charge in [-0.15, -0.1) is 0 Å². The predicted octanol–water partition coefficient (Wildman–Crippen LogP) is 4.18. The number of nitrogens with zero attached hydrogens (tertiary/aromatic N) is 1. The molecule has 3 nitrogen and oxygen atoms in total. The molecule has 0 aromatic rings. The van der Waals surface area contributed by atoms with Crippen LogP contribution in [0.3, 0.4) is 0 Å². The van der Waals surface area contributed by atoms with E-state index in [-0.39, 0.29) is 23.4 Å². The van der Waals surface area contributed by atoms with E-state index in [1.165, 1.54) is 25.7 Å². The van der Waals surface area contributed by atoms with Crippen molar-refractivity contribution in [2.24, 2.45) is 16.7 Å². The zero-order chi connectivity index (χ0) is 16.0. The summed E-state index contributed by atoms with van der Waals surface area (Å²) in [5, 5.41) is 9.25. The van der Waals surface area contributed by atoms with Gasteiger partial charge in [0.2, 0.25) is 0 Å². The quantitative estimate of drug-likeness (QED) is 0.785. The number of Topliss-reactive ketones (excluding diaryl/α,β-unsaturated/α-hetero) is 1. The Labute approximate surface area is 133 Å². The number of carbonyl (C=O) groups is 1. The van der Waals surface area contributed by atoms with Crippen molar-refractivity contribution in [2.75, 3.05) is 0 Å². The third-order valence-corrected chi connectivity index (χ3v) is 6.13. The van der Waals surface area contributed by atoms with Crippen molar-refractivity contribution in [2.45, 2.75) is 77.9 Å². The molecule has 22 heavy (non-hydrogen) atoms. The average Bonchev–Trinajstić information content (AvgIpc) is 2.43. The standard InChI is InChI=1S/C19H27NO2/c1-18(2)16(21)14(12-20)11-19(3)10-9-15(22-17(18)19)8-7-13-5-4-6-13/h11,13,15,17H,4-10H2,1-3H3/t15-,17+,19+/m0/s1. The Hall–Kier alpha value is -1.14. The van der Waals surface area contributed by atoms with Gasteiger partial charge >= 0.3 is 0 Å². The average molecular weight is 301 g/mol. The van der Waals surface area contributed by atoms with Crippen LogP contribution in [-0.2, 0) is 9.53 Å². The van der Waals surface area contributed by atoms with Crippen molar-refractivity contribution in [3.05, 3.63) is 11.6 Å². The first-order chi connectivity index (χ1) is 10.4. The summed E-state index contributed by atoms with van der Waals surface area (Å²) in [5.74, 6) is 0.847. The fourth-order valence-electron chi connectivity index (χ4n) is 4.52. The monoisotopic (exact) mass is 301 g/mol. The summed E-state index contributed by atoms with van der Waals surface area (Å²) in [6, 6.07) is 2.09. The number of nitriles is 1. The highest BCUT2D eigenvalue weighted by molar-refractivity contribution is 6.04. The Balaban J connectivity index is 1.75. The maximum absolute atomic E-state index is 12.5. The van der Waals surface area contributed by atoms with Gasteiger partial charge in [0.15, 0.2) is 5.78 Å². The van der Waals surface area contributed by atoms with Crippen molar-refractivity contribution >= 4 is 5.78 Å². The topological polar surface area (TPSA) is 50.1 Å². The number of ketones is 1. The molecule has 0 amide bonds. The minimum atomic E-state index is -0.607. The Kier molecular flexibility index (Phi) is 3.93. The summed E-state index contributed by atoms with van der Waals surface area (Å²) in [7, 11) is 0. The van der Waals surface area contributed by atoms with Crippen LogP contribution in [0.2, 0.25) is 0 Å². The third-order valence-electron chi connectivity index (χ3n) is 6.13.